The molecule has 0 fully saturated rings. The van der Waals surface area contributed by atoms with Crippen molar-refractivity contribution in [3.05, 3.63) is 36.5 Å². The van der Waals surface area contributed by atoms with Gasteiger partial charge in [0.1, 0.15) is 0 Å². The SMILES string of the molecule is C=C(C)C(=O)ON(CCC)CCC.C=C(C)C(=O)ON(CCC)CCC.C=C(C)C(=O)ON(CCC)CCC.O=P(O)(O)O. The summed E-state index contributed by atoms with van der Waals surface area (Å²) < 4.78 is 8.88. The monoisotopic (exact) mass is 653 g/mol. The third kappa shape index (κ3) is 37.6. The maximum absolute atomic E-state index is 11.1. The van der Waals surface area contributed by atoms with E-state index in [2.05, 4.69) is 61.3 Å². The van der Waals surface area contributed by atoms with E-state index >= 15 is 0 Å². The highest BCUT2D eigenvalue weighted by Gasteiger charge is 2.12. The van der Waals surface area contributed by atoms with Crippen molar-refractivity contribution >= 4 is 25.7 Å². The Morgan fingerprint density at radius 2 is 0.636 bits per heavy atom. The molecule has 0 rings (SSSR count). The zero-order valence-electron chi connectivity index (χ0n) is 28.6. The van der Waals surface area contributed by atoms with Crippen LogP contribution in [0.1, 0.15) is 101 Å². The second kappa shape index (κ2) is 30.6. The van der Waals surface area contributed by atoms with Crippen LogP contribution in [0.5, 0.6) is 0 Å². The first-order chi connectivity index (χ1) is 20.3. The Bertz CT molecular complexity index is 756. The highest BCUT2D eigenvalue weighted by Crippen LogP contribution is 2.25. The zero-order valence-corrected chi connectivity index (χ0v) is 29.5. The van der Waals surface area contributed by atoms with Crippen LogP contribution in [0.2, 0.25) is 0 Å². The molecule has 0 aromatic heterocycles. The van der Waals surface area contributed by atoms with Crippen molar-refractivity contribution in [1.29, 1.82) is 0 Å². The van der Waals surface area contributed by atoms with Crippen molar-refractivity contribution < 1.29 is 48.1 Å². The van der Waals surface area contributed by atoms with Crippen molar-refractivity contribution in [1.82, 2.24) is 15.2 Å². The second-order valence-corrected chi connectivity index (χ2v) is 10.8. The van der Waals surface area contributed by atoms with Gasteiger partial charge in [-0.15, -0.1) is 15.2 Å². The Morgan fingerprint density at radius 3 is 0.727 bits per heavy atom. The molecule has 0 spiro atoms. The Hall–Kier alpha value is -2.38. The number of carbonyl (C=O) groups is 3. The van der Waals surface area contributed by atoms with Crippen molar-refractivity contribution in [2.45, 2.75) is 101 Å². The van der Waals surface area contributed by atoms with Crippen LogP contribution in [0, 0.1) is 0 Å². The van der Waals surface area contributed by atoms with E-state index in [0.717, 1.165) is 77.8 Å². The number of rotatable bonds is 18. The molecular formula is C30H60N3O10P. The fourth-order valence-electron chi connectivity index (χ4n) is 2.69. The third-order valence-electron chi connectivity index (χ3n) is 4.52. The van der Waals surface area contributed by atoms with E-state index in [9.17, 15) is 14.4 Å². The van der Waals surface area contributed by atoms with Gasteiger partial charge in [0.2, 0.25) is 0 Å². The summed E-state index contributed by atoms with van der Waals surface area (Å²) in [5.74, 6) is -0.995. The van der Waals surface area contributed by atoms with E-state index in [1.54, 1.807) is 36.0 Å². The maximum atomic E-state index is 11.1. The van der Waals surface area contributed by atoms with Crippen LogP contribution in [0.4, 0.5) is 0 Å². The average Bonchev–Trinajstić information content (AvgIpc) is 2.89. The van der Waals surface area contributed by atoms with Gasteiger partial charge in [0.15, 0.2) is 0 Å². The summed E-state index contributed by atoms with van der Waals surface area (Å²) in [4.78, 5) is 70.2. The fourth-order valence-corrected chi connectivity index (χ4v) is 2.69. The smallest absolute Gasteiger partial charge is 0.364 e. The van der Waals surface area contributed by atoms with E-state index in [4.69, 9.17) is 33.8 Å². The molecule has 0 aromatic rings. The number of hydroxylamine groups is 6. The lowest BCUT2D eigenvalue weighted by molar-refractivity contribution is -0.186. The molecule has 44 heavy (non-hydrogen) atoms. The molecule has 3 N–H and O–H groups in total. The highest BCUT2D eigenvalue weighted by molar-refractivity contribution is 7.45. The molecule has 0 atom stereocenters. The fraction of sp³-hybridized carbons (Fsp3) is 0.700. The van der Waals surface area contributed by atoms with Gasteiger partial charge in [-0.2, -0.15) is 0 Å². The molecule has 0 amide bonds. The number of hydrogen-bond donors (Lipinski definition) is 3. The molecule has 0 unspecified atom stereocenters. The lowest BCUT2D eigenvalue weighted by Gasteiger charge is -2.19. The topological polar surface area (TPSA) is 166 Å². The summed E-state index contributed by atoms with van der Waals surface area (Å²) in [6, 6.07) is 0. The molecule has 0 aliphatic heterocycles. The summed E-state index contributed by atoms with van der Waals surface area (Å²) in [7, 11) is -4.64. The van der Waals surface area contributed by atoms with E-state index in [1.165, 1.54) is 0 Å². The van der Waals surface area contributed by atoms with Gasteiger partial charge in [-0.05, 0) is 59.3 Å². The summed E-state index contributed by atoms with van der Waals surface area (Å²) in [6.45, 7) is 32.6. The van der Waals surface area contributed by atoms with Crippen LogP contribution in [0.3, 0.4) is 0 Å². The minimum Gasteiger partial charge on any atom is -0.364 e. The van der Waals surface area contributed by atoms with E-state index in [0.29, 0.717) is 16.7 Å². The maximum Gasteiger partial charge on any atom is 0.466 e. The molecule has 0 aromatic carbocycles. The number of phosphoric acid groups is 1. The predicted octanol–water partition coefficient (Wildman–Crippen LogP) is 5.50. The molecule has 13 nitrogen and oxygen atoms in total. The Kier molecular flexibility index (Phi) is 33.8. The molecule has 0 aliphatic carbocycles. The van der Waals surface area contributed by atoms with Crippen LogP contribution in [-0.2, 0) is 33.5 Å². The molecule has 0 aliphatic rings. The first-order valence-electron chi connectivity index (χ1n) is 15.0. The van der Waals surface area contributed by atoms with E-state index in [1.807, 2.05) is 0 Å². The summed E-state index contributed by atoms with van der Waals surface area (Å²) in [5.41, 5.74) is 1.33. The highest BCUT2D eigenvalue weighted by atomic mass is 31.2. The molecule has 0 saturated carbocycles. The lowest BCUT2D eigenvalue weighted by Crippen LogP contribution is -2.29. The Morgan fingerprint density at radius 1 is 0.500 bits per heavy atom. The van der Waals surface area contributed by atoms with Crippen molar-refractivity contribution in [3.63, 3.8) is 0 Å². The number of carbonyl (C=O) groups excluding carboxylic acids is 3. The average molecular weight is 654 g/mol. The van der Waals surface area contributed by atoms with Crippen molar-refractivity contribution in [3.8, 4) is 0 Å². The minimum absolute atomic E-state index is 0.332. The molecule has 0 bridgehead atoms. The first-order valence-corrected chi connectivity index (χ1v) is 16.6. The molecule has 0 heterocycles. The van der Waals surface area contributed by atoms with Gasteiger partial charge in [-0.3, -0.25) is 0 Å². The number of nitrogens with zero attached hydrogens (tertiary/aromatic N) is 3. The lowest BCUT2D eigenvalue weighted by atomic mass is 10.4. The Labute approximate surface area is 265 Å². The van der Waals surface area contributed by atoms with Crippen molar-refractivity contribution in [2.24, 2.45) is 0 Å². The largest absolute Gasteiger partial charge is 0.466 e. The summed E-state index contributed by atoms with van der Waals surface area (Å²) in [5, 5.41) is 5.07. The van der Waals surface area contributed by atoms with Crippen LogP contribution in [0.25, 0.3) is 0 Å². The van der Waals surface area contributed by atoms with Crippen molar-refractivity contribution in [2.75, 3.05) is 39.3 Å². The van der Waals surface area contributed by atoms with Crippen LogP contribution in [-0.4, -0.2) is 87.0 Å². The van der Waals surface area contributed by atoms with E-state index in [-0.39, 0.29) is 17.9 Å². The van der Waals surface area contributed by atoms with Gasteiger partial charge in [0, 0.05) is 56.0 Å². The zero-order chi connectivity index (χ0) is 35.3. The van der Waals surface area contributed by atoms with Gasteiger partial charge >= 0.3 is 25.7 Å². The quantitative estimate of drug-likeness (QED) is 0.0965. The molecule has 0 radical (unpaired) electrons. The van der Waals surface area contributed by atoms with Gasteiger partial charge < -0.3 is 29.2 Å². The van der Waals surface area contributed by atoms with Crippen LogP contribution in [0.15, 0.2) is 36.5 Å². The number of hydrogen-bond acceptors (Lipinski definition) is 10. The third-order valence-corrected chi connectivity index (χ3v) is 4.52. The van der Waals surface area contributed by atoms with Gasteiger partial charge in [0.25, 0.3) is 0 Å². The predicted molar refractivity (Wildman–Crippen MR) is 173 cm³/mol. The first kappa shape index (κ1) is 48.5. The van der Waals surface area contributed by atoms with Gasteiger partial charge in [-0.1, -0.05) is 61.3 Å². The van der Waals surface area contributed by atoms with Crippen LogP contribution < -0.4 is 0 Å². The minimum atomic E-state index is -4.64. The second-order valence-electron chi connectivity index (χ2n) is 9.78. The molecule has 14 heteroatoms. The summed E-state index contributed by atoms with van der Waals surface area (Å²) in [6.07, 6.45) is 5.85. The molecule has 0 saturated heterocycles. The van der Waals surface area contributed by atoms with E-state index < -0.39 is 7.82 Å². The Balaban J connectivity index is -0.000000253. The van der Waals surface area contributed by atoms with Gasteiger partial charge in [0.05, 0.1) is 0 Å². The van der Waals surface area contributed by atoms with Crippen LogP contribution >= 0.6 is 7.82 Å². The molecular weight excluding hydrogens is 593 g/mol. The molecule has 260 valence electrons. The summed E-state index contributed by atoms with van der Waals surface area (Å²) >= 11 is 0. The van der Waals surface area contributed by atoms with Gasteiger partial charge in [-0.25, -0.2) is 18.9 Å². The normalized spacial score (nSPS) is 10.3. The standard InChI is InChI=1S/3C10H19NO2.H3O4P/c3*1-5-7-11(8-6-2)13-10(12)9(3)4;1-5(2,3)4/h3*3,5-8H2,1-2,4H3;(H3,1,2,3,4).